The molecule has 0 atom stereocenters. The van der Waals surface area contributed by atoms with Crippen molar-refractivity contribution in [2.75, 3.05) is 38.2 Å². The zero-order valence-corrected chi connectivity index (χ0v) is 16.5. The van der Waals surface area contributed by atoms with Crippen molar-refractivity contribution in [1.29, 1.82) is 0 Å². The van der Waals surface area contributed by atoms with Gasteiger partial charge < -0.3 is 16.0 Å². The molecule has 0 bridgehead atoms. The van der Waals surface area contributed by atoms with Crippen LogP contribution in [0.25, 0.3) is 22.4 Å². The molecular formula is C20H22ClFN6. The van der Waals surface area contributed by atoms with Crippen molar-refractivity contribution in [3.63, 3.8) is 0 Å². The van der Waals surface area contributed by atoms with Crippen LogP contribution in [0.15, 0.2) is 42.7 Å². The monoisotopic (exact) mass is 400 g/mol. The second-order valence-corrected chi connectivity index (χ2v) is 7.02. The number of nitrogens with zero attached hydrogens (tertiary/aromatic N) is 4. The molecule has 0 radical (unpaired) electrons. The number of pyridine rings is 1. The minimum atomic E-state index is -0.489. The molecule has 1 aromatic carbocycles. The SMILES string of the molecule is CN(C)CCCNc1nc(N)nc(-c2ccc(F)c(Cl)c2)c1-c1cccnc1. The highest BCUT2D eigenvalue weighted by Gasteiger charge is 2.18. The van der Waals surface area contributed by atoms with E-state index < -0.39 is 5.82 Å². The van der Waals surface area contributed by atoms with Gasteiger partial charge in [-0.25, -0.2) is 9.37 Å². The van der Waals surface area contributed by atoms with E-state index in [1.165, 1.54) is 12.1 Å². The fourth-order valence-corrected chi connectivity index (χ4v) is 3.02. The predicted octanol–water partition coefficient (Wildman–Crippen LogP) is 3.94. The van der Waals surface area contributed by atoms with Crippen molar-refractivity contribution in [2.45, 2.75) is 6.42 Å². The number of nitrogens with one attached hydrogen (secondary N) is 1. The second kappa shape index (κ2) is 8.95. The fraction of sp³-hybridized carbons (Fsp3) is 0.250. The standard InChI is InChI=1S/C20H22ClFN6/c1-28(2)10-4-9-25-19-17(14-5-3-8-24-12-14)18(26-20(23)27-19)13-6-7-16(22)15(21)11-13/h3,5-8,11-12H,4,9-10H2,1-2H3,(H3,23,25,26,27). The summed E-state index contributed by atoms with van der Waals surface area (Å²) in [4.78, 5) is 15.1. The Balaban J connectivity index is 2.08. The van der Waals surface area contributed by atoms with E-state index in [1.807, 2.05) is 26.2 Å². The lowest BCUT2D eigenvalue weighted by Gasteiger charge is -2.17. The van der Waals surface area contributed by atoms with Crippen LogP contribution in [-0.2, 0) is 0 Å². The van der Waals surface area contributed by atoms with Crippen molar-refractivity contribution < 1.29 is 4.39 Å². The van der Waals surface area contributed by atoms with E-state index in [4.69, 9.17) is 17.3 Å². The van der Waals surface area contributed by atoms with E-state index >= 15 is 0 Å². The number of hydrogen-bond acceptors (Lipinski definition) is 6. The Kier molecular flexibility index (Phi) is 6.38. The lowest BCUT2D eigenvalue weighted by molar-refractivity contribution is 0.405. The van der Waals surface area contributed by atoms with E-state index in [9.17, 15) is 4.39 Å². The number of hydrogen-bond donors (Lipinski definition) is 2. The number of halogens is 2. The van der Waals surface area contributed by atoms with E-state index in [0.717, 1.165) is 24.1 Å². The van der Waals surface area contributed by atoms with Crippen molar-refractivity contribution in [3.8, 4) is 22.4 Å². The normalized spacial score (nSPS) is 11.0. The third-order valence-corrected chi connectivity index (χ3v) is 4.43. The maximum Gasteiger partial charge on any atom is 0.222 e. The highest BCUT2D eigenvalue weighted by Crippen LogP contribution is 2.37. The number of nitrogen functional groups attached to an aromatic ring is 1. The van der Waals surface area contributed by atoms with Crippen LogP contribution in [-0.4, -0.2) is 47.0 Å². The van der Waals surface area contributed by atoms with E-state index in [1.54, 1.807) is 18.5 Å². The molecule has 0 unspecified atom stereocenters. The first-order chi connectivity index (χ1) is 13.5. The lowest BCUT2D eigenvalue weighted by Crippen LogP contribution is -2.17. The molecule has 0 aliphatic carbocycles. The van der Waals surface area contributed by atoms with Gasteiger partial charge in [-0.3, -0.25) is 4.98 Å². The van der Waals surface area contributed by atoms with Crippen LogP contribution in [0.5, 0.6) is 0 Å². The summed E-state index contributed by atoms with van der Waals surface area (Å²) in [5.74, 6) is 0.241. The van der Waals surface area contributed by atoms with Gasteiger partial charge in [-0.05, 0) is 51.3 Å². The maximum absolute atomic E-state index is 13.7. The summed E-state index contributed by atoms with van der Waals surface area (Å²) in [6.45, 7) is 1.65. The Morgan fingerprint density at radius 1 is 1.18 bits per heavy atom. The molecule has 3 N–H and O–H groups in total. The van der Waals surface area contributed by atoms with Crippen molar-refractivity contribution >= 4 is 23.4 Å². The van der Waals surface area contributed by atoms with Crippen LogP contribution in [0.2, 0.25) is 5.02 Å². The van der Waals surface area contributed by atoms with Gasteiger partial charge in [0, 0.05) is 30.1 Å². The van der Waals surface area contributed by atoms with Gasteiger partial charge in [0.05, 0.1) is 16.3 Å². The van der Waals surface area contributed by atoms with Crippen LogP contribution < -0.4 is 11.1 Å². The highest BCUT2D eigenvalue weighted by molar-refractivity contribution is 6.31. The molecule has 3 aromatic rings. The average Bonchev–Trinajstić information content (AvgIpc) is 2.67. The summed E-state index contributed by atoms with van der Waals surface area (Å²) in [5, 5.41) is 3.37. The molecule has 3 rings (SSSR count). The minimum Gasteiger partial charge on any atom is -0.369 e. The van der Waals surface area contributed by atoms with Crippen molar-refractivity contribution in [1.82, 2.24) is 19.9 Å². The van der Waals surface area contributed by atoms with Gasteiger partial charge in [-0.1, -0.05) is 17.7 Å². The van der Waals surface area contributed by atoms with Crippen LogP contribution >= 0.6 is 11.6 Å². The molecular weight excluding hydrogens is 379 g/mol. The highest BCUT2D eigenvalue weighted by atomic mass is 35.5. The summed E-state index contributed by atoms with van der Waals surface area (Å²) in [6.07, 6.45) is 4.36. The van der Waals surface area contributed by atoms with Crippen LogP contribution in [0, 0.1) is 5.82 Å². The van der Waals surface area contributed by atoms with Crippen molar-refractivity contribution in [3.05, 3.63) is 53.6 Å². The third-order valence-electron chi connectivity index (χ3n) is 4.14. The molecule has 0 saturated carbocycles. The van der Waals surface area contributed by atoms with Gasteiger partial charge in [-0.2, -0.15) is 4.98 Å². The van der Waals surface area contributed by atoms with Crippen LogP contribution in [0.1, 0.15) is 6.42 Å². The molecule has 0 spiro atoms. The Morgan fingerprint density at radius 3 is 2.68 bits per heavy atom. The quantitative estimate of drug-likeness (QED) is 0.584. The van der Waals surface area contributed by atoms with Gasteiger partial charge in [0.2, 0.25) is 5.95 Å². The first kappa shape index (κ1) is 20.0. The van der Waals surface area contributed by atoms with Gasteiger partial charge >= 0.3 is 0 Å². The van der Waals surface area contributed by atoms with Crippen LogP contribution in [0.3, 0.4) is 0 Å². The minimum absolute atomic E-state index is 0.0207. The summed E-state index contributed by atoms with van der Waals surface area (Å²) in [7, 11) is 4.06. The number of benzene rings is 1. The predicted molar refractivity (Wildman–Crippen MR) is 112 cm³/mol. The second-order valence-electron chi connectivity index (χ2n) is 6.61. The maximum atomic E-state index is 13.7. The molecule has 2 heterocycles. The summed E-state index contributed by atoms with van der Waals surface area (Å²) in [5.41, 5.74) is 8.76. The molecule has 6 nitrogen and oxygen atoms in total. The molecule has 0 amide bonds. The Morgan fingerprint density at radius 2 is 2.00 bits per heavy atom. The topological polar surface area (TPSA) is 80.0 Å². The van der Waals surface area contributed by atoms with E-state index in [-0.39, 0.29) is 11.0 Å². The van der Waals surface area contributed by atoms with Crippen LogP contribution in [0.4, 0.5) is 16.2 Å². The van der Waals surface area contributed by atoms with Gasteiger partial charge in [0.25, 0.3) is 0 Å². The fourth-order valence-electron chi connectivity index (χ4n) is 2.84. The number of rotatable bonds is 7. The molecule has 0 saturated heterocycles. The molecule has 146 valence electrons. The van der Waals surface area contributed by atoms with Gasteiger partial charge in [-0.15, -0.1) is 0 Å². The molecule has 2 aromatic heterocycles. The lowest BCUT2D eigenvalue weighted by atomic mass is 10.0. The number of aromatic nitrogens is 3. The number of anilines is 2. The first-order valence-electron chi connectivity index (χ1n) is 8.87. The van der Waals surface area contributed by atoms with Gasteiger partial charge in [0.1, 0.15) is 11.6 Å². The Bertz CT molecular complexity index is 949. The Labute approximate surface area is 168 Å². The third kappa shape index (κ3) is 4.74. The summed E-state index contributed by atoms with van der Waals surface area (Å²) < 4.78 is 13.7. The smallest absolute Gasteiger partial charge is 0.222 e. The molecule has 0 fully saturated rings. The van der Waals surface area contributed by atoms with E-state index in [2.05, 4.69) is 25.2 Å². The zero-order valence-electron chi connectivity index (χ0n) is 15.8. The molecule has 28 heavy (non-hydrogen) atoms. The van der Waals surface area contributed by atoms with Gasteiger partial charge in [0.15, 0.2) is 0 Å². The largest absolute Gasteiger partial charge is 0.369 e. The van der Waals surface area contributed by atoms with Crippen molar-refractivity contribution in [2.24, 2.45) is 0 Å². The first-order valence-corrected chi connectivity index (χ1v) is 9.25. The zero-order chi connectivity index (χ0) is 20.1. The molecule has 0 aliphatic rings. The average molecular weight is 401 g/mol. The molecule has 8 heteroatoms. The molecule has 0 aliphatic heterocycles. The summed E-state index contributed by atoms with van der Waals surface area (Å²) in [6, 6.07) is 8.23. The summed E-state index contributed by atoms with van der Waals surface area (Å²) >= 11 is 5.99. The Hall–Kier alpha value is -2.77. The number of nitrogens with two attached hydrogens (primary N) is 1. The van der Waals surface area contributed by atoms with E-state index in [0.29, 0.717) is 23.6 Å².